The summed E-state index contributed by atoms with van der Waals surface area (Å²) in [5.74, 6) is 1.81. The van der Waals surface area contributed by atoms with Gasteiger partial charge in [-0.1, -0.05) is 0 Å². The maximum Gasteiger partial charge on any atom is 0.135 e. The van der Waals surface area contributed by atoms with Crippen LogP contribution >= 0.6 is 0 Å². The van der Waals surface area contributed by atoms with Crippen molar-refractivity contribution < 1.29 is 4.42 Å². The maximum atomic E-state index is 5.65. The number of nitrogens with zero attached hydrogens (tertiary/aromatic N) is 1. The summed E-state index contributed by atoms with van der Waals surface area (Å²) in [5, 5.41) is 3.05. The van der Waals surface area contributed by atoms with Crippen molar-refractivity contribution in [1.29, 1.82) is 0 Å². The van der Waals surface area contributed by atoms with Gasteiger partial charge in [-0.2, -0.15) is 0 Å². The van der Waals surface area contributed by atoms with E-state index in [1.165, 1.54) is 0 Å². The van der Waals surface area contributed by atoms with E-state index in [9.17, 15) is 0 Å². The summed E-state index contributed by atoms with van der Waals surface area (Å²) in [5.41, 5.74) is 2.03. The van der Waals surface area contributed by atoms with Gasteiger partial charge in [-0.3, -0.25) is 4.98 Å². The normalized spacial score (nSPS) is 10.5. The molecule has 0 aromatic carbocycles. The van der Waals surface area contributed by atoms with Crippen LogP contribution < -0.4 is 5.32 Å². The molecule has 1 N–H and O–H groups in total. The van der Waals surface area contributed by atoms with Crippen molar-refractivity contribution >= 4 is 0 Å². The molecular formula is C12H14N2O. The Bertz CT molecular complexity index is 431. The molecule has 2 heterocycles. The predicted octanol–water partition coefficient (Wildman–Crippen LogP) is 2.37. The van der Waals surface area contributed by atoms with Crippen molar-refractivity contribution in [3.63, 3.8) is 0 Å². The standard InChI is InChI=1S/C12H14N2O/c1-9-3-4-10(7-14-9)12-6-5-11(15-12)8-13-2/h3-7,13H,8H2,1-2H3. The molecule has 0 saturated heterocycles. The van der Waals surface area contributed by atoms with Gasteiger partial charge in [0.1, 0.15) is 11.5 Å². The Morgan fingerprint density at radius 2 is 2.13 bits per heavy atom. The van der Waals surface area contributed by atoms with Crippen LogP contribution in [-0.4, -0.2) is 12.0 Å². The van der Waals surface area contributed by atoms with Gasteiger partial charge in [-0.25, -0.2) is 0 Å². The van der Waals surface area contributed by atoms with Gasteiger partial charge in [0, 0.05) is 17.5 Å². The largest absolute Gasteiger partial charge is 0.460 e. The van der Waals surface area contributed by atoms with Crippen LogP contribution in [0.15, 0.2) is 34.9 Å². The van der Waals surface area contributed by atoms with Crippen molar-refractivity contribution in [1.82, 2.24) is 10.3 Å². The molecule has 3 nitrogen and oxygen atoms in total. The molecule has 15 heavy (non-hydrogen) atoms. The van der Waals surface area contributed by atoms with E-state index in [1.54, 1.807) is 0 Å². The Labute approximate surface area is 89.1 Å². The molecule has 0 saturated carbocycles. The van der Waals surface area contributed by atoms with Crippen molar-refractivity contribution in [2.45, 2.75) is 13.5 Å². The molecule has 0 atom stereocenters. The molecule has 0 unspecified atom stereocenters. The lowest BCUT2D eigenvalue weighted by atomic mass is 10.2. The summed E-state index contributed by atoms with van der Waals surface area (Å²) in [6, 6.07) is 7.95. The summed E-state index contributed by atoms with van der Waals surface area (Å²) in [4.78, 5) is 4.24. The number of hydrogen-bond donors (Lipinski definition) is 1. The lowest BCUT2D eigenvalue weighted by Crippen LogP contribution is -2.03. The van der Waals surface area contributed by atoms with Crippen molar-refractivity contribution in [2.75, 3.05) is 7.05 Å². The van der Waals surface area contributed by atoms with E-state index in [2.05, 4.69) is 10.3 Å². The Kier molecular flexibility index (Phi) is 2.83. The molecule has 78 valence electrons. The topological polar surface area (TPSA) is 38.1 Å². The van der Waals surface area contributed by atoms with E-state index in [0.717, 1.165) is 29.3 Å². The summed E-state index contributed by atoms with van der Waals surface area (Å²) in [7, 11) is 1.90. The highest BCUT2D eigenvalue weighted by molar-refractivity contribution is 5.56. The van der Waals surface area contributed by atoms with Crippen LogP contribution in [0, 0.1) is 6.92 Å². The number of pyridine rings is 1. The van der Waals surface area contributed by atoms with Gasteiger partial charge < -0.3 is 9.73 Å². The van der Waals surface area contributed by atoms with Crippen LogP contribution in [0.4, 0.5) is 0 Å². The van der Waals surface area contributed by atoms with E-state index in [0.29, 0.717) is 0 Å². The summed E-state index contributed by atoms with van der Waals surface area (Å²) < 4.78 is 5.65. The zero-order chi connectivity index (χ0) is 10.7. The minimum absolute atomic E-state index is 0.749. The Hall–Kier alpha value is -1.61. The first-order chi connectivity index (χ1) is 7.29. The molecule has 2 aromatic heterocycles. The number of rotatable bonds is 3. The third-order valence-electron chi connectivity index (χ3n) is 2.21. The monoisotopic (exact) mass is 202 g/mol. The lowest BCUT2D eigenvalue weighted by Gasteiger charge is -1.97. The van der Waals surface area contributed by atoms with Crippen LogP contribution in [0.3, 0.4) is 0 Å². The van der Waals surface area contributed by atoms with Gasteiger partial charge in [0.05, 0.1) is 6.54 Å². The summed E-state index contributed by atoms with van der Waals surface area (Å²) >= 11 is 0. The van der Waals surface area contributed by atoms with Crippen LogP contribution in [0.2, 0.25) is 0 Å². The van der Waals surface area contributed by atoms with Crippen LogP contribution in [0.5, 0.6) is 0 Å². The van der Waals surface area contributed by atoms with E-state index >= 15 is 0 Å². The second kappa shape index (κ2) is 4.28. The molecule has 2 rings (SSSR count). The molecule has 3 heteroatoms. The Balaban J connectivity index is 2.25. The molecule has 2 aromatic rings. The minimum Gasteiger partial charge on any atom is -0.460 e. The minimum atomic E-state index is 0.749. The highest BCUT2D eigenvalue weighted by Crippen LogP contribution is 2.21. The van der Waals surface area contributed by atoms with Crippen molar-refractivity contribution in [3.05, 3.63) is 41.9 Å². The average Bonchev–Trinajstić information content (AvgIpc) is 2.68. The fourth-order valence-corrected chi connectivity index (χ4v) is 1.42. The van der Waals surface area contributed by atoms with Crippen LogP contribution in [-0.2, 0) is 6.54 Å². The second-order valence-corrected chi connectivity index (χ2v) is 3.48. The van der Waals surface area contributed by atoms with Crippen LogP contribution in [0.25, 0.3) is 11.3 Å². The van der Waals surface area contributed by atoms with Crippen molar-refractivity contribution in [2.24, 2.45) is 0 Å². The maximum absolute atomic E-state index is 5.65. The molecular weight excluding hydrogens is 188 g/mol. The van der Waals surface area contributed by atoms with Gasteiger partial charge in [-0.05, 0) is 38.2 Å². The van der Waals surface area contributed by atoms with Gasteiger partial charge in [0.2, 0.25) is 0 Å². The van der Waals surface area contributed by atoms with E-state index < -0.39 is 0 Å². The van der Waals surface area contributed by atoms with Gasteiger partial charge in [0.15, 0.2) is 0 Å². The third kappa shape index (κ3) is 2.25. The van der Waals surface area contributed by atoms with Gasteiger partial charge in [0.25, 0.3) is 0 Å². The molecule has 0 fully saturated rings. The fraction of sp³-hybridized carbons (Fsp3) is 0.250. The van der Waals surface area contributed by atoms with Crippen LogP contribution in [0.1, 0.15) is 11.5 Å². The molecule has 0 radical (unpaired) electrons. The molecule has 0 aliphatic rings. The molecule has 0 bridgehead atoms. The molecule has 0 spiro atoms. The van der Waals surface area contributed by atoms with E-state index in [1.807, 2.05) is 44.4 Å². The highest BCUT2D eigenvalue weighted by Gasteiger charge is 2.03. The number of aromatic nitrogens is 1. The predicted molar refractivity (Wildman–Crippen MR) is 59.4 cm³/mol. The first-order valence-electron chi connectivity index (χ1n) is 4.96. The van der Waals surface area contributed by atoms with Gasteiger partial charge in [-0.15, -0.1) is 0 Å². The smallest absolute Gasteiger partial charge is 0.135 e. The molecule has 0 amide bonds. The van der Waals surface area contributed by atoms with Gasteiger partial charge >= 0.3 is 0 Å². The fourth-order valence-electron chi connectivity index (χ4n) is 1.42. The number of nitrogens with one attached hydrogen (secondary N) is 1. The first kappa shape index (κ1) is 9.93. The number of hydrogen-bond acceptors (Lipinski definition) is 3. The zero-order valence-corrected chi connectivity index (χ0v) is 8.95. The Morgan fingerprint density at radius 1 is 1.27 bits per heavy atom. The Morgan fingerprint density at radius 3 is 2.80 bits per heavy atom. The van der Waals surface area contributed by atoms with E-state index in [4.69, 9.17) is 4.42 Å². The molecule has 0 aliphatic heterocycles. The molecule has 0 aliphatic carbocycles. The number of furan rings is 1. The van der Waals surface area contributed by atoms with E-state index in [-0.39, 0.29) is 0 Å². The first-order valence-corrected chi connectivity index (χ1v) is 4.96. The quantitative estimate of drug-likeness (QED) is 0.830. The third-order valence-corrected chi connectivity index (χ3v) is 2.21. The summed E-state index contributed by atoms with van der Waals surface area (Å²) in [6.07, 6.45) is 1.83. The van der Waals surface area contributed by atoms with Crippen molar-refractivity contribution in [3.8, 4) is 11.3 Å². The average molecular weight is 202 g/mol. The SMILES string of the molecule is CNCc1ccc(-c2ccc(C)nc2)o1. The number of aryl methyl sites for hydroxylation is 1. The zero-order valence-electron chi connectivity index (χ0n) is 8.95. The lowest BCUT2D eigenvalue weighted by molar-refractivity contribution is 0.507. The highest BCUT2D eigenvalue weighted by atomic mass is 16.3. The second-order valence-electron chi connectivity index (χ2n) is 3.48. The summed E-state index contributed by atoms with van der Waals surface area (Å²) in [6.45, 7) is 2.72.